The Morgan fingerprint density at radius 3 is 2.68 bits per heavy atom. The summed E-state index contributed by atoms with van der Waals surface area (Å²) >= 11 is 0. The van der Waals surface area contributed by atoms with Crippen LogP contribution in [0, 0.1) is 0 Å². The quantitative estimate of drug-likeness (QED) is 0.489. The summed E-state index contributed by atoms with van der Waals surface area (Å²) in [5.74, 6) is 1.49. The predicted molar refractivity (Wildman–Crippen MR) is 124 cm³/mol. The second-order valence-electron chi connectivity index (χ2n) is 7.27. The number of anilines is 1. The van der Waals surface area contributed by atoms with Gasteiger partial charge < -0.3 is 24.8 Å². The summed E-state index contributed by atoms with van der Waals surface area (Å²) in [5, 5.41) is 6.04. The lowest BCUT2D eigenvalue weighted by atomic mass is 10.1. The van der Waals surface area contributed by atoms with E-state index in [1.54, 1.807) is 13.3 Å². The Hall–Kier alpha value is -3.48. The number of carbonyl (C=O) groups is 1. The molecule has 1 atom stereocenters. The summed E-state index contributed by atoms with van der Waals surface area (Å²) in [6.07, 6.45) is 4.44. The number of benzene rings is 2. The van der Waals surface area contributed by atoms with Gasteiger partial charge in [-0.1, -0.05) is 30.3 Å². The number of methoxy groups -OCH3 is 1. The van der Waals surface area contributed by atoms with Crippen LogP contribution in [0.2, 0.25) is 0 Å². The molecule has 1 aromatic heterocycles. The second kappa shape index (κ2) is 11.1. The Kier molecular flexibility index (Phi) is 7.92. The van der Waals surface area contributed by atoms with Crippen molar-refractivity contribution in [2.45, 2.75) is 19.4 Å². The monoisotopic (exact) mass is 421 g/mol. The van der Waals surface area contributed by atoms with E-state index < -0.39 is 0 Å². The molecule has 3 aromatic rings. The standard InChI is InChI=1S/C24H31N5O2/c1-4-29(20-11-6-5-7-12-20)16-9-14-26-24(30)27-22(23-25-15-17-28(23)2)19-10-8-13-21(18-19)31-3/h5-8,10-13,15,17-18,22H,4,9,14,16H2,1-3H3,(H2,26,27,30). The zero-order valence-corrected chi connectivity index (χ0v) is 18.4. The summed E-state index contributed by atoms with van der Waals surface area (Å²) in [5.41, 5.74) is 2.10. The number of aryl methyl sites for hydroxylation is 1. The number of rotatable bonds is 10. The van der Waals surface area contributed by atoms with E-state index in [2.05, 4.69) is 39.6 Å². The van der Waals surface area contributed by atoms with Gasteiger partial charge in [-0.2, -0.15) is 0 Å². The van der Waals surface area contributed by atoms with Crippen LogP contribution >= 0.6 is 0 Å². The van der Waals surface area contributed by atoms with Gasteiger partial charge in [0.1, 0.15) is 17.6 Å². The van der Waals surface area contributed by atoms with E-state index in [0.717, 1.165) is 36.6 Å². The van der Waals surface area contributed by atoms with Gasteiger partial charge in [0, 0.05) is 44.8 Å². The van der Waals surface area contributed by atoms with Crippen molar-refractivity contribution in [3.8, 4) is 5.75 Å². The van der Waals surface area contributed by atoms with E-state index >= 15 is 0 Å². The van der Waals surface area contributed by atoms with Crippen molar-refractivity contribution in [1.82, 2.24) is 20.2 Å². The highest BCUT2D eigenvalue weighted by atomic mass is 16.5. The van der Waals surface area contributed by atoms with Crippen LogP contribution in [-0.4, -0.2) is 42.3 Å². The number of carbonyl (C=O) groups excluding carboxylic acids is 1. The van der Waals surface area contributed by atoms with E-state index in [0.29, 0.717) is 6.54 Å². The van der Waals surface area contributed by atoms with Crippen LogP contribution in [0.1, 0.15) is 30.8 Å². The van der Waals surface area contributed by atoms with Crippen molar-refractivity contribution < 1.29 is 9.53 Å². The fourth-order valence-electron chi connectivity index (χ4n) is 3.54. The van der Waals surface area contributed by atoms with Crippen LogP contribution in [0.5, 0.6) is 5.75 Å². The molecule has 0 aliphatic rings. The van der Waals surface area contributed by atoms with Crippen LogP contribution < -0.4 is 20.3 Å². The minimum absolute atomic E-state index is 0.224. The molecule has 2 N–H and O–H groups in total. The second-order valence-corrected chi connectivity index (χ2v) is 7.27. The molecule has 1 heterocycles. The highest BCUT2D eigenvalue weighted by molar-refractivity contribution is 5.74. The van der Waals surface area contributed by atoms with Crippen LogP contribution in [0.4, 0.5) is 10.5 Å². The van der Waals surface area contributed by atoms with E-state index in [9.17, 15) is 4.79 Å². The van der Waals surface area contributed by atoms with E-state index in [1.165, 1.54) is 5.69 Å². The molecule has 7 heteroatoms. The molecular weight excluding hydrogens is 390 g/mol. The first kappa shape index (κ1) is 22.2. The van der Waals surface area contributed by atoms with Gasteiger partial charge in [0.15, 0.2) is 0 Å². The molecular formula is C24H31N5O2. The number of amides is 2. The molecule has 0 spiro atoms. The average Bonchev–Trinajstić information content (AvgIpc) is 3.23. The molecule has 2 amide bonds. The zero-order valence-electron chi connectivity index (χ0n) is 18.4. The fourth-order valence-corrected chi connectivity index (χ4v) is 3.54. The molecule has 0 fully saturated rings. The van der Waals surface area contributed by atoms with Gasteiger partial charge in [0.2, 0.25) is 0 Å². The number of urea groups is 1. The topological polar surface area (TPSA) is 71.4 Å². The molecule has 0 bridgehead atoms. The maximum atomic E-state index is 12.7. The molecule has 3 rings (SSSR count). The van der Waals surface area contributed by atoms with E-state index in [4.69, 9.17) is 4.74 Å². The molecule has 7 nitrogen and oxygen atoms in total. The molecule has 0 saturated heterocycles. The number of hydrogen-bond acceptors (Lipinski definition) is 4. The number of ether oxygens (including phenoxy) is 1. The van der Waals surface area contributed by atoms with Crippen molar-refractivity contribution in [2.75, 3.05) is 31.6 Å². The van der Waals surface area contributed by atoms with Crippen LogP contribution in [0.25, 0.3) is 0 Å². The predicted octanol–water partition coefficient (Wildman–Crippen LogP) is 3.73. The van der Waals surface area contributed by atoms with Gasteiger partial charge in [-0.05, 0) is 43.2 Å². The summed E-state index contributed by atoms with van der Waals surface area (Å²) < 4.78 is 7.25. The molecule has 2 aromatic carbocycles. The molecule has 1 unspecified atom stereocenters. The Morgan fingerprint density at radius 2 is 2.00 bits per heavy atom. The van der Waals surface area contributed by atoms with Gasteiger partial charge in [-0.15, -0.1) is 0 Å². The summed E-state index contributed by atoms with van der Waals surface area (Å²) in [7, 11) is 3.54. The molecule has 164 valence electrons. The Morgan fingerprint density at radius 1 is 1.19 bits per heavy atom. The van der Waals surface area contributed by atoms with Crippen LogP contribution in [-0.2, 0) is 7.05 Å². The highest BCUT2D eigenvalue weighted by Crippen LogP contribution is 2.24. The van der Waals surface area contributed by atoms with Crippen molar-refractivity contribution in [1.29, 1.82) is 0 Å². The minimum atomic E-state index is -0.383. The SMILES string of the molecule is CCN(CCCNC(=O)NC(c1cccc(OC)c1)c1nccn1C)c1ccccc1. The molecule has 0 saturated carbocycles. The smallest absolute Gasteiger partial charge is 0.315 e. The summed E-state index contributed by atoms with van der Waals surface area (Å²) in [4.78, 5) is 19.4. The number of para-hydroxylation sites is 1. The average molecular weight is 422 g/mol. The Balaban J connectivity index is 1.59. The normalized spacial score (nSPS) is 11.6. The van der Waals surface area contributed by atoms with Gasteiger partial charge in [-0.25, -0.2) is 9.78 Å². The summed E-state index contributed by atoms with van der Waals surface area (Å²) in [6, 6.07) is 17.4. The maximum Gasteiger partial charge on any atom is 0.315 e. The van der Waals surface area contributed by atoms with Gasteiger partial charge in [0.25, 0.3) is 0 Å². The lowest BCUT2D eigenvalue weighted by Gasteiger charge is -2.23. The first-order chi connectivity index (χ1) is 15.1. The van der Waals surface area contributed by atoms with E-state index in [1.807, 2.05) is 60.3 Å². The Labute approximate surface area is 184 Å². The van der Waals surface area contributed by atoms with Crippen molar-refractivity contribution in [2.24, 2.45) is 7.05 Å². The third kappa shape index (κ3) is 6.01. The van der Waals surface area contributed by atoms with Crippen molar-refractivity contribution >= 4 is 11.7 Å². The van der Waals surface area contributed by atoms with Gasteiger partial charge in [-0.3, -0.25) is 0 Å². The van der Waals surface area contributed by atoms with E-state index in [-0.39, 0.29) is 12.1 Å². The molecule has 0 radical (unpaired) electrons. The summed E-state index contributed by atoms with van der Waals surface area (Å²) in [6.45, 7) is 4.52. The zero-order chi connectivity index (χ0) is 22.1. The van der Waals surface area contributed by atoms with Gasteiger partial charge >= 0.3 is 6.03 Å². The number of nitrogens with zero attached hydrogens (tertiary/aromatic N) is 3. The third-order valence-electron chi connectivity index (χ3n) is 5.21. The first-order valence-electron chi connectivity index (χ1n) is 10.6. The highest BCUT2D eigenvalue weighted by Gasteiger charge is 2.21. The number of imidazole rings is 1. The fraction of sp³-hybridized carbons (Fsp3) is 0.333. The van der Waals surface area contributed by atoms with Crippen molar-refractivity contribution in [3.63, 3.8) is 0 Å². The lowest BCUT2D eigenvalue weighted by molar-refractivity contribution is 0.238. The number of hydrogen-bond donors (Lipinski definition) is 2. The Bertz CT molecular complexity index is 957. The molecule has 0 aliphatic heterocycles. The number of nitrogens with one attached hydrogen (secondary N) is 2. The van der Waals surface area contributed by atoms with Gasteiger partial charge in [0.05, 0.1) is 7.11 Å². The largest absolute Gasteiger partial charge is 0.497 e. The first-order valence-corrected chi connectivity index (χ1v) is 10.6. The minimum Gasteiger partial charge on any atom is -0.497 e. The lowest BCUT2D eigenvalue weighted by Crippen LogP contribution is -2.40. The molecule has 0 aliphatic carbocycles. The van der Waals surface area contributed by atoms with Crippen LogP contribution in [0.15, 0.2) is 67.0 Å². The van der Waals surface area contributed by atoms with Crippen LogP contribution in [0.3, 0.4) is 0 Å². The maximum absolute atomic E-state index is 12.7. The third-order valence-corrected chi connectivity index (χ3v) is 5.21. The number of aromatic nitrogens is 2. The van der Waals surface area contributed by atoms with Crippen molar-refractivity contribution in [3.05, 3.63) is 78.4 Å². The molecule has 31 heavy (non-hydrogen) atoms.